The maximum absolute atomic E-state index is 12.7. The maximum atomic E-state index is 12.7. The number of pyridine rings is 1. The Morgan fingerprint density at radius 2 is 2.31 bits per heavy atom. The van der Waals surface area contributed by atoms with Gasteiger partial charge in [-0.15, -0.1) is 0 Å². The minimum Gasteiger partial charge on any atom is -0.271 e. The van der Waals surface area contributed by atoms with Crippen molar-refractivity contribution >= 4 is 11.3 Å². The highest BCUT2D eigenvalue weighted by atomic mass is 32.1. The number of nitrogens with two attached hydrogens (primary N) is 1. The molecule has 0 amide bonds. The van der Waals surface area contributed by atoms with Crippen molar-refractivity contribution in [2.75, 3.05) is 0 Å². The Morgan fingerprint density at radius 1 is 1.44 bits per heavy atom. The summed E-state index contributed by atoms with van der Waals surface area (Å²) in [6.07, 6.45) is 1.95. The number of thiophene rings is 1. The van der Waals surface area contributed by atoms with Gasteiger partial charge in [-0.1, -0.05) is 0 Å². The van der Waals surface area contributed by atoms with Crippen LogP contribution in [0.5, 0.6) is 0 Å². The zero-order valence-electron chi connectivity index (χ0n) is 8.56. The zero-order valence-corrected chi connectivity index (χ0v) is 9.38. The molecule has 0 aliphatic carbocycles. The van der Waals surface area contributed by atoms with Gasteiger partial charge in [0.1, 0.15) is 5.82 Å². The molecule has 0 saturated carbocycles. The summed E-state index contributed by atoms with van der Waals surface area (Å²) in [6, 6.07) is 4.99. The number of nitrogens with one attached hydrogen (secondary N) is 1. The lowest BCUT2D eigenvalue weighted by Crippen LogP contribution is -2.30. The number of nitrogens with zero attached hydrogens (tertiary/aromatic N) is 1. The molecule has 1 unspecified atom stereocenters. The van der Waals surface area contributed by atoms with Crippen LogP contribution in [0.3, 0.4) is 0 Å². The molecular weight excluding hydrogens is 225 g/mol. The summed E-state index contributed by atoms with van der Waals surface area (Å²) in [7, 11) is 0. The largest absolute Gasteiger partial charge is 0.271 e. The molecule has 16 heavy (non-hydrogen) atoms. The van der Waals surface area contributed by atoms with Crippen LogP contribution in [0.1, 0.15) is 17.3 Å². The molecular formula is C11H12FN3S. The summed E-state index contributed by atoms with van der Waals surface area (Å²) in [5, 5.41) is 4.08. The average molecular weight is 237 g/mol. The van der Waals surface area contributed by atoms with Crippen molar-refractivity contribution in [1.29, 1.82) is 0 Å². The van der Waals surface area contributed by atoms with Gasteiger partial charge < -0.3 is 0 Å². The standard InChI is InChI=1S/C11H12FN3S/c12-9-1-2-10(14-6-9)11(15-13)5-8-3-4-16-7-8/h1-4,6-7,11,15H,5,13H2. The van der Waals surface area contributed by atoms with Crippen LogP contribution in [0.4, 0.5) is 4.39 Å². The first kappa shape index (κ1) is 11.2. The predicted octanol–water partition coefficient (Wildman–Crippen LogP) is 2.03. The minimum absolute atomic E-state index is 0.0878. The van der Waals surface area contributed by atoms with Gasteiger partial charge in [-0.2, -0.15) is 11.3 Å². The highest BCUT2D eigenvalue weighted by Gasteiger charge is 2.12. The van der Waals surface area contributed by atoms with E-state index in [-0.39, 0.29) is 11.9 Å². The minimum atomic E-state index is -0.338. The second kappa shape index (κ2) is 5.16. The summed E-state index contributed by atoms with van der Waals surface area (Å²) in [5.74, 6) is 5.14. The van der Waals surface area contributed by atoms with Crippen molar-refractivity contribution in [2.24, 2.45) is 5.84 Å². The zero-order chi connectivity index (χ0) is 11.4. The Balaban J connectivity index is 2.13. The van der Waals surface area contributed by atoms with Crippen molar-refractivity contribution in [2.45, 2.75) is 12.5 Å². The van der Waals surface area contributed by atoms with Gasteiger partial charge in [0.15, 0.2) is 0 Å². The molecule has 0 spiro atoms. The fraction of sp³-hybridized carbons (Fsp3) is 0.182. The quantitative estimate of drug-likeness (QED) is 0.632. The Bertz CT molecular complexity index is 427. The molecule has 0 fully saturated rings. The molecule has 0 saturated heterocycles. The third-order valence-electron chi connectivity index (χ3n) is 2.33. The number of hydrazine groups is 1. The highest BCUT2D eigenvalue weighted by molar-refractivity contribution is 7.07. The number of halogens is 1. The van der Waals surface area contributed by atoms with E-state index in [4.69, 9.17) is 5.84 Å². The first-order valence-electron chi connectivity index (χ1n) is 4.88. The fourth-order valence-electron chi connectivity index (χ4n) is 1.49. The van der Waals surface area contributed by atoms with E-state index in [0.29, 0.717) is 0 Å². The van der Waals surface area contributed by atoms with Crippen LogP contribution in [0.2, 0.25) is 0 Å². The summed E-state index contributed by atoms with van der Waals surface area (Å²) < 4.78 is 12.7. The molecule has 2 rings (SSSR count). The molecule has 84 valence electrons. The molecule has 2 aromatic rings. The van der Waals surface area contributed by atoms with Crippen LogP contribution >= 0.6 is 11.3 Å². The fourth-order valence-corrected chi connectivity index (χ4v) is 2.17. The second-order valence-corrected chi connectivity index (χ2v) is 4.24. The van der Waals surface area contributed by atoms with Crippen LogP contribution in [0.25, 0.3) is 0 Å². The second-order valence-electron chi connectivity index (χ2n) is 3.46. The van der Waals surface area contributed by atoms with E-state index in [0.717, 1.165) is 12.1 Å². The van der Waals surface area contributed by atoms with Crippen molar-refractivity contribution < 1.29 is 4.39 Å². The number of hydrogen-bond donors (Lipinski definition) is 2. The third kappa shape index (κ3) is 2.63. The normalized spacial score (nSPS) is 12.6. The van der Waals surface area contributed by atoms with Crippen molar-refractivity contribution in [3.8, 4) is 0 Å². The molecule has 0 radical (unpaired) electrons. The van der Waals surface area contributed by atoms with Crippen LogP contribution in [0, 0.1) is 5.82 Å². The Hall–Kier alpha value is -1.30. The summed E-state index contributed by atoms with van der Waals surface area (Å²) in [6.45, 7) is 0. The number of aromatic nitrogens is 1. The third-order valence-corrected chi connectivity index (χ3v) is 3.06. The molecule has 2 heterocycles. The predicted molar refractivity (Wildman–Crippen MR) is 62.3 cm³/mol. The van der Waals surface area contributed by atoms with E-state index in [1.54, 1.807) is 17.4 Å². The number of hydrogen-bond acceptors (Lipinski definition) is 4. The molecule has 0 aromatic carbocycles. The van der Waals surface area contributed by atoms with E-state index in [1.165, 1.54) is 17.8 Å². The summed E-state index contributed by atoms with van der Waals surface area (Å²) >= 11 is 1.64. The monoisotopic (exact) mass is 237 g/mol. The van der Waals surface area contributed by atoms with Gasteiger partial charge in [0.25, 0.3) is 0 Å². The molecule has 0 aliphatic rings. The van der Waals surface area contributed by atoms with Crippen LogP contribution in [-0.2, 0) is 6.42 Å². The van der Waals surface area contributed by atoms with E-state index in [9.17, 15) is 4.39 Å². The van der Waals surface area contributed by atoms with Gasteiger partial charge in [0, 0.05) is 0 Å². The molecule has 5 heteroatoms. The lowest BCUT2D eigenvalue weighted by atomic mass is 10.1. The maximum Gasteiger partial charge on any atom is 0.141 e. The molecule has 0 bridgehead atoms. The lowest BCUT2D eigenvalue weighted by Gasteiger charge is -2.14. The van der Waals surface area contributed by atoms with Gasteiger partial charge in [-0.05, 0) is 40.9 Å². The lowest BCUT2D eigenvalue weighted by molar-refractivity contribution is 0.533. The SMILES string of the molecule is NNC(Cc1ccsc1)c1ccc(F)cn1. The topological polar surface area (TPSA) is 50.9 Å². The van der Waals surface area contributed by atoms with Crippen LogP contribution < -0.4 is 11.3 Å². The van der Waals surface area contributed by atoms with Gasteiger partial charge in [-0.3, -0.25) is 16.3 Å². The van der Waals surface area contributed by atoms with E-state index in [1.807, 2.05) is 11.4 Å². The van der Waals surface area contributed by atoms with Crippen LogP contribution in [-0.4, -0.2) is 4.98 Å². The Kier molecular flexibility index (Phi) is 3.61. The highest BCUT2D eigenvalue weighted by Crippen LogP contribution is 2.17. The van der Waals surface area contributed by atoms with E-state index >= 15 is 0 Å². The summed E-state index contributed by atoms with van der Waals surface area (Å²) in [4.78, 5) is 4.02. The van der Waals surface area contributed by atoms with Crippen LogP contribution in [0.15, 0.2) is 35.2 Å². The Morgan fingerprint density at radius 3 is 2.88 bits per heavy atom. The van der Waals surface area contributed by atoms with Crippen molar-refractivity contribution in [3.05, 3.63) is 52.2 Å². The van der Waals surface area contributed by atoms with E-state index < -0.39 is 0 Å². The van der Waals surface area contributed by atoms with Gasteiger partial charge in [-0.25, -0.2) is 4.39 Å². The first-order chi connectivity index (χ1) is 7.79. The van der Waals surface area contributed by atoms with E-state index in [2.05, 4.69) is 15.8 Å². The molecule has 3 nitrogen and oxygen atoms in total. The van der Waals surface area contributed by atoms with Gasteiger partial charge in [0.05, 0.1) is 17.9 Å². The Labute approximate surface area is 97.1 Å². The van der Waals surface area contributed by atoms with Gasteiger partial charge in [0.2, 0.25) is 0 Å². The average Bonchev–Trinajstić information content (AvgIpc) is 2.80. The van der Waals surface area contributed by atoms with Crippen molar-refractivity contribution in [1.82, 2.24) is 10.4 Å². The van der Waals surface area contributed by atoms with Crippen molar-refractivity contribution in [3.63, 3.8) is 0 Å². The number of rotatable bonds is 4. The summed E-state index contributed by atoms with van der Waals surface area (Å²) in [5.41, 5.74) is 4.63. The molecule has 1 atom stereocenters. The van der Waals surface area contributed by atoms with Gasteiger partial charge >= 0.3 is 0 Å². The molecule has 3 N–H and O–H groups in total. The molecule has 2 aromatic heterocycles. The smallest absolute Gasteiger partial charge is 0.141 e. The first-order valence-corrected chi connectivity index (χ1v) is 5.82. The molecule has 0 aliphatic heterocycles.